The minimum absolute atomic E-state index is 0.0139. The molecule has 1 aromatic rings. The Morgan fingerprint density at radius 2 is 2.39 bits per heavy atom. The third-order valence-electron chi connectivity index (χ3n) is 3.33. The molecule has 1 N–H and O–H groups in total. The zero-order valence-corrected chi connectivity index (χ0v) is 11.1. The van der Waals surface area contributed by atoms with Crippen LogP contribution in [-0.4, -0.2) is 45.7 Å². The molecule has 2 rings (SSSR count). The van der Waals surface area contributed by atoms with Gasteiger partial charge in [-0.2, -0.15) is 5.10 Å². The fourth-order valence-electron chi connectivity index (χ4n) is 2.37. The Hall–Kier alpha value is -1.43. The number of nitrogens with zero attached hydrogens (tertiary/aromatic N) is 3. The largest absolute Gasteiger partial charge is 0.377 e. The van der Waals surface area contributed by atoms with E-state index in [0.29, 0.717) is 19.0 Å². The highest BCUT2D eigenvalue weighted by Crippen LogP contribution is 2.25. The van der Waals surface area contributed by atoms with E-state index in [1.165, 1.54) is 0 Å². The number of rotatable bonds is 4. The van der Waals surface area contributed by atoms with Crippen molar-refractivity contribution in [2.75, 3.05) is 13.7 Å². The van der Waals surface area contributed by atoms with Crippen LogP contribution in [0.4, 0.5) is 0 Å². The fraction of sp³-hybridized carbons (Fsp3) is 0.750. The van der Waals surface area contributed by atoms with Crippen LogP contribution < -0.4 is 0 Å². The molecule has 0 spiro atoms. The predicted octanol–water partition coefficient (Wildman–Crippen LogP) is 0.887. The molecule has 0 bridgehead atoms. The lowest BCUT2D eigenvalue weighted by Crippen LogP contribution is -2.36. The molecular weight excluding hydrogens is 232 g/mol. The Morgan fingerprint density at radius 3 is 3.00 bits per heavy atom. The summed E-state index contributed by atoms with van der Waals surface area (Å²) in [5, 5.41) is 6.82. The fourth-order valence-corrected chi connectivity index (χ4v) is 2.37. The Kier molecular flexibility index (Phi) is 3.96. The van der Waals surface area contributed by atoms with Gasteiger partial charge in [0, 0.05) is 13.7 Å². The highest BCUT2D eigenvalue weighted by atomic mass is 16.5. The lowest BCUT2D eigenvalue weighted by atomic mass is 9.98. The third-order valence-corrected chi connectivity index (χ3v) is 3.33. The van der Waals surface area contributed by atoms with E-state index in [-0.39, 0.29) is 17.9 Å². The van der Waals surface area contributed by atoms with E-state index in [1.54, 1.807) is 11.9 Å². The zero-order valence-electron chi connectivity index (χ0n) is 11.1. The number of ether oxygens (including phenoxy) is 1. The minimum atomic E-state index is -0.0139. The summed E-state index contributed by atoms with van der Waals surface area (Å²) in [6.07, 6.45) is 1.76. The normalized spacial score (nSPS) is 23.3. The molecule has 1 fully saturated rings. The van der Waals surface area contributed by atoms with Crippen molar-refractivity contribution in [3.8, 4) is 0 Å². The molecule has 2 unspecified atom stereocenters. The van der Waals surface area contributed by atoms with Crippen LogP contribution in [0.5, 0.6) is 0 Å². The molecule has 1 aromatic heterocycles. The standard InChI is InChI=1S/C12H20N4O2/c1-4-10-9(5-6-18-10)12(17)16(3)7-11-13-8(2)14-15-11/h9-10H,4-7H2,1-3H3,(H,13,14,15). The van der Waals surface area contributed by atoms with E-state index in [0.717, 1.165) is 18.7 Å². The van der Waals surface area contributed by atoms with Gasteiger partial charge < -0.3 is 9.64 Å². The Balaban J connectivity index is 1.96. The molecule has 6 heteroatoms. The maximum Gasteiger partial charge on any atom is 0.228 e. The van der Waals surface area contributed by atoms with Gasteiger partial charge in [0.15, 0.2) is 5.82 Å². The summed E-state index contributed by atoms with van der Waals surface area (Å²) >= 11 is 0. The monoisotopic (exact) mass is 252 g/mol. The maximum atomic E-state index is 12.3. The average molecular weight is 252 g/mol. The molecule has 0 aliphatic carbocycles. The van der Waals surface area contributed by atoms with E-state index in [1.807, 2.05) is 6.92 Å². The first-order chi connectivity index (χ1) is 8.61. The van der Waals surface area contributed by atoms with Gasteiger partial charge in [-0.05, 0) is 19.8 Å². The minimum Gasteiger partial charge on any atom is -0.377 e. The summed E-state index contributed by atoms with van der Waals surface area (Å²) in [5.74, 6) is 1.53. The summed E-state index contributed by atoms with van der Waals surface area (Å²) in [4.78, 5) is 18.2. The Morgan fingerprint density at radius 1 is 1.61 bits per heavy atom. The first-order valence-corrected chi connectivity index (χ1v) is 6.36. The second kappa shape index (κ2) is 5.48. The third kappa shape index (κ3) is 2.69. The zero-order chi connectivity index (χ0) is 13.1. The summed E-state index contributed by atoms with van der Waals surface area (Å²) in [7, 11) is 1.79. The molecular formula is C12H20N4O2. The predicted molar refractivity (Wildman–Crippen MR) is 65.7 cm³/mol. The topological polar surface area (TPSA) is 71.1 Å². The second-order valence-electron chi connectivity index (χ2n) is 4.74. The number of hydrogen-bond acceptors (Lipinski definition) is 4. The number of amides is 1. The van der Waals surface area contributed by atoms with Crippen LogP contribution in [0.15, 0.2) is 0 Å². The summed E-state index contributed by atoms with van der Waals surface area (Å²) in [6, 6.07) is 0. The van der Waals surface area contributed by atoms with Gasteiger partial charge >= 0.3 is 0 Å². The van der Waals surface area contributed by atoms with Gasteiger partial charge in [0.25, 0.3) is 0 Å². The second-order valence-corrected chi connectivity index (χ2v) is 4.74. The number of nitrogens with one attached hydrogen (secondary N) is 1. The highest BCUT2D eigenvalue weighted by Gasteiger charge is 2.34. The van der Waals surface area contributed by atoms with Gasteiger partial charge in [-0.15, -0.1) is 0 Å². The Labute approximate surface area is 107 Å². The summed E-state index contributed by atoms with van der Waals surface area (Å²) in [5.41, 5.74) is 0. The van der Waals surface area contributed by atoms with Crippen molar-refractivity contribution < 1.29 is 9.53 Å². The van der Waals surface area contributed by atoms with E-state index in [9.17, 15) is 4.79 Å². The lowest BCUT2D eigenvalue weighted by Gasteiger charge is -2.22. The van der Waals surface area contributed by atoms with Crippen molar-refractivity contribution in [3.63, 3.8) is 0 Å². The lowest BCUT2D eigenvalue weighted by molar-refractivity contribution is -0.136. The Bertz CT molecular complexity index is 418. The molecule has 1 aliphatic heterocycles. The van der Waals surface area contributed by atoms with Crippen molar-refractivity contribution in [1.29, 1.82) is 0 Å². The number of hydrogen-bond donors (Lipinski definition) is 1. The number of aryl methyl sites for hydroxylation is 1. The smallest absolute Gasteiger partial charge is 0.228 e. The first kappa shape index (κ1) is 13.0. The van der Waals surface area contributed by atoms with Crippen molar-refractivity contribution >= 4 is 5.91 Å². The van der Waals surface area contributed by atoms with Crippen LogP contribution in [0.3, 0.4) is 0 Å². The van der Waals surface area contributed by atoms with Gasteiger partial charge in [-0.3, -0.25) is 9.89 Å². The van der Waals surface area contributed by atoms with Gasteiger partial charge in [0.1, 0.15) is 5.82 Å². The van der Waals surface area contributed by atoms with Crippen LogP contribution >= 0.6 is 0 Å². The molecule has 0 radical (unpaired) electrons. The van der Waals surface area contributed by atoms with Crippen molar-refractivity contribution in [3.05, 3.63) is 11.6 Å². The number of aromatic amines is 1. The molecule has 0 saturated carbocycles. The van der Waals surface area contributed by atoms with Crippen LogP contribution in [0.25, 0.3) is 0 Å². The molecule has 1 saturated heterocycles. The van der Waals surface area contributed by atoms with Gasteiger partial charge in [-0.25, -0.2) is 4.98 Å². The highest BCUT2D eigenvalue weighted by molar-refractivity contribution is 5.79. The molecule has 18 heavy (non-hydrogen) atoms. The molecule has 6 nitrogen and oxygen atoms in total. The maximum absolute atomic E-state index is 12.3. The molecule has 1 aliphatic rings. The molecule has 2 heterocycles. The van der Waals surface area contributed by atoms with Crippen LogP contribution in [-0.2, 0) is 16.1 Å². The van der Waals surface area contributed by atoms with Gasteiger partial charge in [0.2, 0.25) is 5.91 Å². The van der Waals surface area contributed by atoms with E-state index < -0.39 is 0 Å². The average Bonchev–Trinajstić information content (AvgIpc) is 2.96. The quantitative estimate of drug-likeness (QED) is 0.863. The summed E-state index contributed by atoms with van der Waals surface area (Å²) in [6.45, 7) is 5.02. The summed E-state index contributed by atoms with van der Waals surface area (Å²) < 4.78 is 5.56. The van der Waals surface area contributed by atoms with Crippen molar-refractivity contribution in [1.82, 2.24) is 20.1 Å². The van der Waals surface area contributed by atoms with E-state index in [2.05, 4.69) is 22.1 Å². The van der Waals surface area contributed by atoms with Crippen LogP contribution in [0.1, 0.15) is 31.4 Å². The molecule has 1 amide bonds. The van der Waals surface area contributed by atoms with E-state index in [4.69, 9.17) is 4.74 Å². The van der Waals surface area contributed by atoms with Crippen molar-refractivity contribution in [2.45, 2.75) is 39.3 Å². The van der Waals surface area contributed by atoms with Gasteiger partial charge in [-0.1, -0.05) is 6.92 Å². The number of carbonyl (C=O) groups is 1. The SMILES string of the molecule is CCC1OCCC1C(=O)N(C)Cc1n[nH]c(C)n1. The number of aromatic nitrogens is 3. The van der Waals surface area contributed by atoms with Crippen LogP contribution in [0.2, 0.25) is 0 Å². The molecule has 0 aromatic carbocycles. The number of H-pyrrole nitrogens is 1. The molecule has 100 valence electrons. The van der Waals surface area contributed by atoms with E-state index >= 15 is 0 Å². The molecule has 2 atom stereocenters. The van der Waals surface area contributed by atoms with Crippen molar-refractivity contribution in [2.24, 2.45) is 5.92 Å². The van der Waals surface area contributed by atoms with Crippen LogP contribution in [0, 0.1) is 12.8 Å². The number of carbonyl (C=O) groups excluding carboxylic acids is 1. The van der Waals surface area contributed by atoms with Gasteiger partial charge in [0.05, 0.1) is 18.6 Å². The first-order valence-electron chi connectivity index (χ1n) is 6.36.